The summed E-state index contributed by atoms with van der Waals surface area (Å²) in [6.07, 6.45) is 2.43. The summed E-state index contributed by atoms with van der Waals surface area (Å²) in [6, 6.07) is 8.84. The van der Waals surface area contributed by atoms with Gasteiger partial charge >= 0.3 is 5.97 Å². The molecule has 92 valence electrons. The first-order valence-corrected chi connectivity index (χ1v) is 6.19. The Balaban J connectivity index is 2.32. The number of rotatable bonds is 3. The number of carbonyl (C=O) groups is 1. The van der Waals surface area contributed by atoms with Crippen LogP contribution in [0, 0.1) is 0 Å². The minimum absolute atomic E-state index is 0.481. The molecule has 0 saturated carbocycles. The van der Waals surface area contributed by atoms with Gasteiger partial charge in [-0.25, -0.2) is 4.79 Å². The number of hydrogen-bond donors (Lipinski definition) is 1. The van der Waals surface area contributed by atoms with Crippen molar-refractivity contribution in [2.75, 3.05) is 0 Å². The van der Waals surface area contributed by atoms with Crippen LogP contribution in [0.15, 0.2) is 45.3 Å². The molecule has 0 amide bonds. The monoisotopic (exact) mass is 326 g/mol. The summed E-state index contributed by atoms with van der Waals surface area (Å²) in [4.78, 5) is 10.4. The molecule has 0 atom stereocenters. The van der Waals surface area contributed by atoms with Crippen LogP contribution >= 0.6 is 27.5 Å². The van der Waals surface area contributed by atoms with E-state index in [1.54, 1.807) is 24.3 Å². The molecule has 0 bridgehead atoms. The molecule has 0 unspecified atom stereocenters. The second kappa shape index (κ2) is 5.42. The first-order chi connectivity index (χ1) is 8.56. The van der Waals surface area contributed by atoms with E-state index in [4.69, 9.17) is 21.1 Å². The average molecular weight is 328 g/mol. The van der Waals surface area contributed by atoms with Crippen LogP contribution in [0.5, 0.6) is 0 Å². The van der Waals surface area contributed by atoms with E-state index in [0.29, 0.717) is 16.5 Å². The van der Waals surface area contributed by atoms with Crippen molar-refractivity contribution >= 4 is 39.6 Å². The summed E-state index contributed by atoms with van der Waals surface area (Å²) in [6.45, 7) is 0. The number of furan rings is 1. The zero-order valence-electron chi connectivity index (χ0n) is 9.06. The van der Waals surface area contributed by atoms with Gasteiger partial charge in [-0.15, -0.1) is 0 Å². The predicted octanol–water partition coefficient (Wildman–Crippen LogP) is 4.46. The van der Waals surface area contributed by atoms with Gasteiger partial charge in [-0.1, -0.05) is 11.6 Å². The van der Waals surface area contributed by atoms with E-state index in [1.165, 1.54) is 6.08 Å². The van der Waals surface area contributed by atoms with Gasteiger partial charge < -0.3 is 9.52 Å². The number of aliphatic carboxylic acids is 1. The van der Waals surface area contributed by atoms with Crippen LogP contribution in [-0.4, -0.2) is 11.1 Å². The quantitative estimate of drug-likeness (QED) is 0.847. The Kier molecular flexibility index (Phi) is 3.89. The van der Waals surface area contributed by atoms with E-state index >= 15 is 0 Å². The fourth-order valence-corrected chi connectivity index (χ4v) is 2.31. The molecule has 2 rings (SSSR count). The number of hydrogen-bond acceptors (Lipinski definition) is 2. The highest BCUT2D eigenvalue weighted by Gasteiger charge is 2.07. The Morgan fingerprint density at radius 3 is 2.78 bits per heavy atom. The third-order valence-electron chi connectivity index (χ3n) is 2.21. The van der Waals surface area contributed by atoms with Crippen molar-refractivity contribution in [3.8, 4) is 11.3 Å². The molecule has 1 aromatic heterocycles. The normalized spacial score (nSPS) is 11.0. The Hall–Kier alpha value is -1.52. The lowest BCUT2D eigenvalue weighted by atomic mass is 10.2. The lowest BCUT2D eigenvalue weighted by Crippen LogP contribution is -1.84. The van der Waals surface area contributed by atoms with E-state index in [9.17, 15) is 4.79 Å². The van der Waals surface area contributed by atoms with Crippen LogP contribution in [0.3, 0.4) is 0 Å². The molecule has 18 heavy (non-hydrogen) atoms. The standard InChI is InChI=1S/C13H8BrClO3/c14-11-7-8(15)1-4-10(11)12-5-2-9(18-12)3-6-13(16)17/h1-7H,(H,16,17)/b6-3+. The first kappa shape index (κ1) is 12.9. The smallest absolute Gasteiger partial charge is 0.328 e. The number of carboxylic acids is 1. The Bertz CT molecular complexity index is 616. The molecule has 0 saturated heterocycles. The zero-order chi connectivity index (χ0) is 13.1. The van der Waals surface area contributed by atoms with Crippen molar-refractivity contribution in [1.29, 1.82) is 0 Å². The van der Waals surface area contributed by atoms with Crippen LogP contribution in [-0.2, 0) is 4.79 Å². The molecule has 0 aliphatic carbocycles. The minimum Gasteiger partial charge on any atom is -0.478 e. The highest BCUT2D eigenvalue weighted by molar-refractivity contribution is 9.10. The van der Waals surface area contributed by atoms with E-state index in [1.807, 2.05) is 6.07 Å². The Labute approximate surface area is 117 Å². The lowest BCUT2D eigenvalue weighted by molar-refractivity contribution is -0.131. The van der Waals surface area contributed by atoms with Crippen LogP contribution < -0.4 is 0 Å². The third kappa shape index (κ3) is 3.03. The molecular weight excluding hydrogens is 319 g/mol. The summed E-state index contributed by atoms with van der Waals surface area (Å²) in [5.41, 5.74) is 0.856. The van der Waals surface area contributed by atoms with Gasteiger partial charge in [0, 0.05) is 21.1 Å². The van der Waals surface area contributed by atoms with Crippen LogP contribution in [0.4, 0.5) is 0 Å². The second-order valence-electron chi connectivity index (χ2n) is 3.50. The van der Waals surface area contributed by atoms with Gasteiger partial charge in [0.15, 0.2) is 0 Å². The maximum Gasteiger partial charge on any atom is 0.328 e. The van der Waals surface area contributed by atoms with Gasteiger partial charge in [-0.05, 0) is 52.3 Å². The number of benzene rings is 1. The van der Waals surface area contributed by atoms with E-state index in [2.05, 4.69) is 15.9 Å². The maximum absolute atomic E-state index is 10.4. The molecule has 1 heterocycles. The van der Waals surface area contributed by atoms with Crippen LogP contribution in [0.25, 0.3) is 17.4 Å². The summed E-state index contributed by atoms with van der Waals surface area (Å²) in [5, 5.41) is 9.15. The Morgan fingerprint density at radius 2 is 2.11 bits per heavy atom. The maximum atomic E-state index is 10.4. The highest BCUT2D eigenvalue weighted by atomic mass is 79.9. The minimum atomic E-state index is -1.01. The summed E-state index contributed by atoms with van der Waals surface area (Å²) < 4.78 is 6.34. The molecule has 0 aliphatic rings. The van der Waals surface area contributed by atoms with Gasteiger partial charge in [-0.3, -0.25) is 0 Å². The zero-order valence-corrected chi connectivity index (χ0v) is 11.4. The summed E-state index contributed by atoms with van der Waals surface area (Å²) in [7, 11) is 0. The molecular formula is C13H8BrClO3. The van der Waals surface area contributed by atoms with Crippen LogP contribution in [0.2, 0.25) is 5.02 Å². The van der Waals surface area contributed by atoms with Crippen molar-refractivity contribution in [3.63, 3.8) is 0 Å². The van der Waals surface area contributed by atoms with Gasteiger partial charge in [0.05, 0.1) is 0 Å². The van der Waals surface area contributed by atoms with Crippen molar-refractivity contribution in [3.05, 3.63) is 51.7 Å². The molecule has 0 spiro atoms. The highest BCUT2D eigenvalue weighted by Crippen LogP contribution is 2.31. The molecule has 2 aromatic rings. The molecule has 5 heteroatoms. The third-order valence-corrected chi connectivity index (χ3v) is 3.10. The predicted molar refractivity (Wildman–Crippen MR) is 73.5 cm³/mol. The van der Waals surface area contributed by atoms with E-state index in [0.717, 1.165) is 16.1 Å². The van der Waals surface area contributed by atoms with Crippen LogP contribution in [0.1, 0.15) is 5.76 Å². The van der Waals surface area contributed by atoms with Crippen molar-refractivity contribution in [1.82, 2.24) is 0 Å². The molecule has 0 aliphatic heterocycles. The van der Waals surface area contributed by atoms with E-state index in [-0.39, 0.29) is 0 Å². The fourth-order valence-electron chi connectivity index (χ4n) is 1.43. The lowest BCUT2D eigenvalue weighted by Gasteiger charge is -2.01. The fraction of sp³-hybridized carbons (Fsp3) is 0. The SMILES string of the molecule is O=C(O)/C=C/c1ccc(-c2ccc(Cl)cc2Br)o1. The Morgan fingerprint density at radius 1 is 1.33 bits per heavy atom. The van der Waals surface area contributed by atoms with Gasteiger partial charge in [0.25, 0.3) is 0 Å². The number of carboxylic acid groups (broad SMARTS) is 1. The molecule has 0 radical (unpaired) electrons. The van der Waals surface area contributed by atoms with E-state index < -0.39 is 5.97 Å². The van der Waals surface area contributed by atoms with Gasteiger partial charge in [0.1, 0.15) is 11.5 Å². The summed E-state index contributed by atoms with van der Waals surface area (Å²) in [5.74, 6) is 0.110. The molecule has 1 aromatic carbocycles. The number of halogens is 2. The molecule has 0 fully saturated rings. The summed E-state index contributed by atoms with van der Waals surface area (Å²) >= 11 is 9.26. The topological polar surface area (TPSA) is 50.4 Å². The molecule has 1 N–H and O–H groups in total. The average Bonchev–Trinajstić information content (AvgIpc) is 2.75. The first-order valence-electron chi connectivity index (χ1n) is 5.02. The largest absolute Gasteiger partial charge is 0.478 e. The van der Waals surface area contributed by atoms with Gasteiger partial charge in [0.2, 0.25) is 0 Å². The van der Waals surface area contributed by atoms with Crippen molar-refractivity contribution in [2.24, 2.45) is 0 Å². The van der Waals surface area contributed by atoms with Gasteiger partial charge in [-0.2, -0.15) is 0 Å². The molecule has 3 nitrogen and oxygen atoms in total. The van der Waals surface area contributed by atoms with Crippen molar-refractivity contribution in [2.45, 2.75) is 0 Å². The second-order valence-corrected chi connectivity index (χ2v) is 4.79. The van der Waals surface area contributed by atoms with Crippen molar-refractivity contribution < 1.29 is 14.3 Å².